The number of fused-ring (bicyclic) bond motifs is 3. The van der Waals surface area contributed by atoms with Gasteiger partial charge in [0.1, 0.15) is 17.6 Å². The van der Waals surface area contributed by atoms with Gasteiger partial charge in [-0.25, -0.2) is 0 Å². The van der Waals surface area contributed by atoms with E-state index in [1.165, 1.54) is 0 Å². The minimum Gasteiger partial charge on any atom is -0.507 e. The predicted octanol–water partition coefficient (Wildman–Crippen LogP) is 6.18. The van der Waals surface area contributed by atoms with Crippen LogP contribution in [0.4, 0.5) is 0 Å². The summed E-state index contributed by atoms with van der Waals surface area (Å²) in [5.74, 6) is 2.12. The van der Waals surface area contributed by atoms with Gasteiger partial charge in [-0.1, -0.05) is 38.1 Å². The van der Waals surface area contributed by atoms with E-state index < -0.39 is 5.60 Å². The quantitative estimate of drug-likeness (QED) is 0.551. The molecule has 0 amide bonds. The molecule has 3 heteroatoms. The van der Waals surface area contributed by atoms with Gasteiger partial charge in [-0.2, -0.15) is 0 Å². The Morgan fingerprint density at radius 1 is 1.10 bits per heavy atom. The number of aromatic hydroxyl groups is 1. The molecule has 2 aromatic rings. The van der Waals surface area contributed by atoms with Gasteiger partial charge in [0, 0.05) is 22.6 Å². The fourth-order valence-electron chi connectivity index (χ4n) is 5.53. The lowest BCUT2D eigenvalue weighted by Crippen LogP contribution is -2.50. The highest BCUT2D eigenvalue weighted by Gasteiger charge is 2.53. The number of phenols is 1. The van der Waals surface area contributed by atoms with Crippen LogP contribution in [-0.2, 0) is 12.8 Å². The Bertz CT molecular complexity index is 1000. The summed E-state index contributed by atoms with van der Waals surface area (Å²) in [5, 5.41) is 22.0. The third-order valence-corrected chi connectivity index (χ3v) is 7.13. The lowest BCUT2D eigenvalue weighted by atomic mass is 9.65. The Labute approximate surface area is 186 Å². The van der Waals surface area contributed by atoms with Gasteiger partial charge in [-0.15, -0.1) is 13.2 Å². The van der Waals surface area contributed by atoms with E-state index in [4.69, 9.17) is 4.74 Å². The van der Waals surface area contributed by atoms with Crippen LogP contribution in [0.3, 0.4) is 0 Å². The summed E-state index contributed by atoms with van der Waals surface area (Å²) in [4.78, 5) is 0. The molecule has 0 spiro atoms. The number of ether oxygens (including phenoxy) is 1. The van der Waals surface area contributed by atoms with Crippen molar-refractivity contribution in [2.24, 2.45) is 11.8 Å². The molecule has 31 heavy (non-hydrogen) atoms. The van der Waals surface area contributed by atoms with Gasteiger partial charge in [0.05, 0.1) is 5.60 Å². The zero-order valence-electron chi connectivity index (χ0n) is 18.9. The number of phenolic OH excluding ortho intramolecular Hbond substituents is 1. The second kappa shape index (κ2) is 8.20. The van der Waals surface area contributed by atoms with Gasteiger partial charge in [0.15, 0.2) is 0 Å². The molecular formula is C28H34O3. The van der Waals surface area contributed by atoms with Crippen molar-refractivity contribution >= 4 is 0 Å². The third kappa shape index (κ3) is 3.80. The molecule has 3 nitrogen and oxygen atoms in total. The number of hydrogen-bond donors (Lipinski definition) is 2. The van der Waals surface area contributed by atoms with Crippen molar-refractivity contribution < 1.29 is 14.9 Å². The van der Waals surface area contributed by atoms with Gasteiger partial charge < -0.3 is 14.9 Å². The van der Waals surface area contributed by atoms with Crippen LogP contribution in [0.5, 0.6) is 11.5 Å². The van der Waals surface area contributed by atoms with Crippen LogP contribution in [-0.4, -0.2) is 21.9 Å². The Hall–Kier alpha value is -2.52. The van der Waals surface area contributed by atoms with Crippen LogP contribution >= 0.6 is 0 Å². The van der Waals surface area contributed by atoms with E-state index in [9.17, 15) is 10.2 Å². The Morgan fingerprint density at radius 2 is 1.77 bits per heavy atom. The smallest absolute Gasteiger partial charge is 0.134 e. The largest absolute Gasteiger partial charge is 0.507 e. The van der Waals surface area contributed by atoms with Crippen molar-refractivity contribution in [1.29, 1.82) is 0 Å². The minimum atomic E-state index is -0.877. The van der Waals surface area contributed by atoms with Crippen LogP contribution in [0.15, 0.2) is 55.6 Å². The normalized spacial score (nSPS) is 26.8. The molecule has 0 bridgehead atoms. The molecule has 1 heterocycles. The monoisotopic (exact) mass is 418 g/mol. The summed E-state index contributed by atoms with van der Waals surface area (Å²) in [5.41, 5.74) is 4.18. The van der Waals surface area contributed by atoms with Crippen LogP contribution in [0, 0.1) is 11.8 Å². The van der Waals surface area contributed by atoms with Gasteiger partial charge >= 0.3 is 0 Å². The highest BCUT2D eigenvalue weighted by Crippen LogP contribution is 2.56. The highest BCUT2D eigenvalue weighted by atomic mass is 16.5. The molecule has 0 radical (unpaired) electrons. The fraction of sp³-hybridized carbons (Fsp3) is 0.429. The van der Waals surface area contributed by atoms with Crippen molar-refractivity contribution in [2.75, 3.05) is 0 Å². The second-order valence-corrected chi connectivity index (χ2v) is 9.77. The SMILES string of the molecule is C=CCc1ccc(O)c(-c2cc(CC=C)cc3c2O[C@@H]2[C@H]3[C@@H](C(C)C)CC[C@]2(C)O)c1. The average Bonchev–Trinajstić information content (AvgIpc) is 3.10. The summed E-state index contributed by atoms with van der Waals surface area (Å²) in [6.07, 6.45) is 6.69. The first-order valence-electron chi connectivity index (χ1n) is 11.4. The maximum absolute atomic E-state index is 11.2. The molecular weight excluding hydrogens is 384 g/mol. The number of hydrogen-bond acceptors (Lipinski definition) is 3. The Kier molecular flexibility index (Phi) is 5.74. The first-order chi connectivity index (χ1) is 14.8. The molecule has 0 saturated heterocycles. The third-order valence-electron chi connectivity index (χ3n) is 7.13. The second-order valence-electron chi connectivity index (χ2n) is 9.77. The van der Waals surface area contributed by atoms with Crippen LogP contribution in [0.1, 0.15) is 56.2 Å². The van der Waals surface area contributed by atoms with E-state index in [1.54, 1.807) is 6.07 Å². The van der Waals surface area contributed by atoms with E-state index >= 15 is 0 Å². The molecule has 2 aromatic carbocycles. The van der Waals surface area contributed by atoms with Crippen molar-refractivity contribution in [3.05, 3.63) is 72.3 Å². The van der Waals surface area contributed by atoms with E-state index in [-0.39, 0.29) is 17.8 Å². The van der Waals surface area contributed by atoms with E-state index in [2.05, 4.69) is 39.1 Å². The zero-order chi connectivity index (χ0) is 22.3. The first-order valence-corrected chi connectivity index (χ1v) is 11.4. The van der Waals surface area contributed by atoms with Crippen molar-refractivity contribution in [3.63, 3.8) is 0 Å². The van der Waals surface area contributed by atoms with Crippen LogP contribution < -0.4 is 4.74 Å². The van der Waals surface area contributed by atoms with Gasteiger partial charge in [0.2, 0.25) is 0 Å². The number of allylic oxidation sites excluding steroid dienone is 2. The van der Waals surface area contributed by atoms with Gasteiger partial charge in [-0.3, -0.25) is 0 Å². The molecule has 2 aliphatic rings. The molecule has 4 rings (SSSR count). The zero-order valence-corrected chi connectivity index (χ0v) is 18.9. The Balaban J connectivity index is 1.93. The average molecular weight is 419 g/mol. The topological polar surface area (TPSA) is 49.7 Å². The molecule has 0 unspecified atom stereocenters. The van der Waals surface area contributed by atoms with E-state index in [1.807, 2.05) is 31.2 Å². The molecule has 1 aliphatic heterocycles. The number of rotatable bonds is 6. The standard InChI is InChI=1S/C28H34O3/c1-6-8-18-10-11-24(29)21(14-18)22-15-19(9-7-2)16-23-25-20(17(3)4)12-13-28(5,30)27(25)31-26(22)23/h6-7,10-11,14-17,20,25,27,29-30H,1-2,8-9,12-13H2,3-5H3/t20-,25+,27-,28+/m1/s1. The number of benzene rings is 2. The lowest BCUT2D eigenvalue weighted by Gasteiger charge is -2.43. The van der Waals surface area contributed by atoms with Crippen LogP contribution in [0.25, 0.3) is 11.1 Å². The summed E-state index contributed by atoms with van der Waals surface area (Å²) in [7, 11) is 0. The predicted molar refractivity (Wildman–Crippen MR) is 127 cm³/mol. The maximum Gasteiger partial charge on any atom is 0.134 e. The van der Waals surface area contributed by atoms with Crippen molar-refractivity contribution in [3.8, 4) is 22.6 Å². The van der Waals surface area contributed by atoms with Crippen molar-refractivity contribution in [1.82, 2.24) is 0 Å². The minimum absolute atomic E-state index is 0.140. The summed E-state index contributed by atoms with van der Waals surface area (Å²) in [6.45, 7) is 14.2. The van der Waals surface area contributed by atoms with Gasteiger partial charge in [-0.05, 0) is 73.8 Å². The van der Waals surface area contributed by atoms with E-state index in [0.29, 0.717) is 11.8 Å². The van der Waals surface area contributed by atoms with Crippen molar-refractivity contribution in [2.45, 2.75) is 64.1 Å². The lowest BCUT2D eigenvalue weighted by molar-refractivity contribution is -0.0916. The molecule has 4 atom stereocenters. The Morgan fingerprint density at radius 3 is 2.45 bits per heavy atom. The summed E-state index contributed by atoms with van der Waals surface area (Å²) < 4.78 is 6.57. The molecule has 1 saturated carbocycles. The molecule has 164 valence electrons. The highest BCUT2D eigenvalue weighted by molar-refractivity contribution is 5.79. The summed E-state index contributed by atoms with van der Waals surface area (Å²) in [6, 6.07) is 10.0. The molecule has 0 aromatic heterocycles. The van der Waals surface area contributed by atoms with Gasteiger partial charge in [0.25, 0.3) is 0 Å². The van der Waals surface area contributed by atoms with Crippen LogP contribution in [0.2, 0.25) is 0 Å². The first kappa shape index (κ1) is 21.7. The molecule has 2 N–H and O–H groups in total. The maximum atomic E-state index is 11.2. The molecule has 1 aliphatic carbocycles. The fourth-order valence-corrected chi connectivity index (χ4v) is 5.53. The van der Waals surface area contributed by atoms with E-state index in [0.717, 1.165) is 59.3 Å². The molecule has 1 fully saturated rings. The number of aliphatic hydroxyl groups is 1. The summed E-state index contributed by atoms with van der Waals surface area (Å²) >= 11 is 0.